The number of fused-ring (bicyclic) bond motifs is 1. The zero-order valence-electron chi connectivity index (χ0n) is 17.5. The fourth-order valence-corrected chi connectivity index (χ4v) is 4.69. The first-order valence-corrected chi connectivity index (χ1v) is 11.1. The number of aromatic nitrogens is 2. The molecular weight excluding hydrogens is 390 g/mol. The lowest BCUT2D eigenvalue weighted by Crippen LogP contribution is -2.42. The number of anilines is 2. The molecule has 0 bridgehead atoms. The zero-order chi connectivity index (χ0) is 21.4. The molecule has 5 rings (SSSR count). The van der Waals surface area contributed by atoms with Gasteiger partial charge < -0.3 is 15.5 Å². The second-order valence-corrected chi connectivity index (χ2v) is 8.77. The largest absolute Gasteiger partial charge is 0.351 e. The van der Waals surface area contributed by atoms with Crippen molar-refractivity contribution in [3.05, 3.63) is 59.9 Å². The number of nitrogens with zero attached hydrogens (tertiary/aromatic N) is 3. The van der Waals surface area contributed by atoms with Crippen molar-refractivity contribution in [3.8, 4) is 0 Å². The van der Waals surface area contributed by atoms with Gasteiger partial charge in [-0.3, -0.25) is 9.59 Å². The van der Waals surface area contributed by atoms with Crippen molar-refractivity contribution in [2.75, 3.05) is 10.6 Å². The highest BCUT2D eigenvalue weighted by molar-refractivity contribution is 6.02. The summed E-state index contributed by atoms with van der Waals surface area (Å²) in [5.74, 6) is 1.09. The van der Waals surface area contributed by atoms with Crippen molar-refractivity contribution in [1.82, 2.24) is 14.9 Å². The van der Waals surface area contributed by atoms with Crippen LogP contribution in [0.15, 0.2) is 43.2 Å². The van der Waals surface area contributed by atoms with Crippen LogP contribution < -0.4 is 10.6 Å². The average molecular weight is 418 g/mol. The van der Waals surface area contributed by atoms with Crippen LogP contribution in [0.2, 0.25) is 0 Å². The summed E-state index contributed by atoms with van der Waals surface area (Å²) >= 11 is 0. The Morgan fingerprint density at radius 2 is 1.97 bits per heavy atom. The summed E-state index contributed by atoms with van der Waals surface area (Å²) < 4.78 is 0. The van der Waals surface area contributed by atoms with Crippen molar-refractivity contribution in [3.63, 3.8) is 0 Å². The first-order valence-electron chi connectivity index (χ1n) is 11.1. The Bertz CT molecular complexity index is 1020. The summed E-state index contributed by atoms with van der Waals surface area (Å²) in [5.41, 5.74) is 3.54. The molecule has 7 heteroatoms. The topological polar surface area (TPSA) is 87.2 Å². The number of carbonyl (C=O) groups is 2. The molecule has 2 atom stereocenters. The lowest BCUT2D eigenvalue weighted by Gasteiger charge is -2.35. The van der Waals surface area contributed by atoms with E-state index >= 15 is 0 Å². The molecular formula is C24H27N5O2. The Morgan fingerprint density at radius 1 is 1.16 bits per heavy atom. The second-order valence-electron chi connectivity index (χ2n) is 8.77. The van der Waals surface area contributed by atoms with Gasteiger partial charge in [0.25, 0.3) is 5.91 Å². The van der Waals surface area contributed by atoms with Gasteiger partial charge in [0.05, 0.1) is 0 Å². The van der Waals surface area contributed by atoms with E-state index in [1.165, 1.54) is 24.5 Å². The van der Waals surface area contributed by atoms with Gasteiger partial charge in [-0.2, -0.15) is 0 Å². The molecule has 2 fully saturated rings. The molecule has 1 aromatic carbocycles. The molecule has 2 heterocycles. The molecule has 2 N–H and O–H groups in total. The first kappa shape index (κ1) is 19.7. The van der Waals surface area contributed by atoms with Gasteiger partial charge in [-0.1, -0.05) is 12.6 Å². The fourth-order valence-electron chi connectivity index (χ4n) is 4.69. The minimum atomic E-state index is -0.282. The number of benzene rings is 1. The Labute approximate surface area is 182 Å². The lowest BCUT2D eigenvalue weighted by atomic mass is 9.90. The van der Waals surface area contributed by atoms with E-state index in [-0.39, 0.29) is 23.9 Å². The minimum Gasteiger partial charge on any atom is -0.351 e. The van der Waals surface area contributed by atoms with Gasteiger partial charge >= 0.3 is 0 Å². The monoisotopic (exact) mass is 417 g/mol. The molecule has 3 aliphatic rings. The number of hydrogen-bond acceptors (Lipinski definition) is 5. The first-order chi connectivity index (χ1) is 15.1. The summed E-state index contributed by atoms with van der Waals surface area (Å²) in [6.45, 7) is 4.09. The van der Waals surface area contributed by atoms with E-state index < -0.39 is 0 Å². The van der Waals surface area contributed by atoms with Crippen molar-refractivity contribution in [2.24, 2.45) is 0 Å². The average Bonchev–Trinajstić information content (AvgIpc) is 3.59. The van der Waals surface area contributed by atoms with Crippen molar-refractivity contribution in [1.29, 1.82) is 0 Å². The molecule has 0 saturated heterocycles. The van der Waals surface area contributed by atoms with Gasteiger partial charge in [0.1, 0.15) is 0 Å². The van der Waals surface area contributed by atoms with Crippen LogP contribution in [0, 0.1) is 0 Å². The Hall–Kier alpha value is -3.22. The summed E-state index contributed by atoms with van der Waals surface area (Å²) in [5, 5.41) is 6.21. The third-order valence-electron chi connectivity index (χ3n) is 6.54. The van der Waals surface area contributed by atoms with E-state index in [0.29, 0.717) is 29.7 Å². The second kappa shape index (κ2) is 8.13. The number of carbonyl (C=O) groups excluding carboxylic acids is 2. The molecule has 2 amide bonds. The van der Waals surface area contributed by atoms with Gasteiger partial charge in [0.15, 0.2) is 0 Å². The predicted molar refractivity (Wildman–Crippen MR) is 119 cm³/mol. The van der Waals surface area contributed by atoms with E-state index in [1.807, 2.05) is 29.4 Å². The van der Waals surface area contributed by atoms with Crippen LogP contribution in [0.25, 0.3) is 0 Å². The van der Waals surface area contributed by atoms with Gasteiger partial charge in [0, 0.05) is 42.3 Å². The van der Waals surface area contributed by atoms with Crippen LogP contribution in [0.1, 0.15) is 65.9 Å². The van der Waals surface area contributed by atoms with Crippen molar-refractivity contribution in [2.45, 2.75) is 63.1 Å². The predicted octanol–water partition coefficient (Wildman–Crippen LogP) is 3.86. The maximum absolute atomic E-state index is 13.1. The molecule has 160 valence electrons. The number of nitrogens with one attached hydrogen (secondary N) is 2. The minimum absolute atomic E-state index is 0.0420. The SMILES string of the molecule is C=CC(=O)Nc1ccc2c(c1)C(=O)N([C@H]1CCC[C@@H](Nc3ncc(C4CC4)cn3)C1)C2. The van der Waals surface area contributed by atoms with Gasteiger partial charge in [-0.15, -0.1) is 0 Å². The van der Waals surface area contributed by atoms with Gasteiger partial charge in [-0.25, -0.2) is 9.97 Å². The van der Waals surface area contributed by atoms with Crippen LogP contribution in [-0.2, 0) is 11.3 Å². The van der Waals surface area contributed by atoms with Crippen molar-refractivity contribution < 1.29 is 9.59 Å². The normalized spacial score (nSPS) is 22.7. The van der Waals surface area contributed by atoms with Gasteiger partial charge in [-0.05, 0) is 73.8 Å². The van der Waals surface area contributed by atoms with E-state index in [0.717, 1.165) is 31.2 Å². The van der Waals surface area contributed by atoms with Crippen LogP contribution in [-0.4, -0.2) is 38.8 Å². The molecule has 31 heavy (non-hydrogen) atoms. The van der Waals surface area contributed by atoms with Crippen LogP contribution in [0.4, 0.5) is 11.6 Å². The highest BCUT2D eigenvalue weighted by atomic mass is 16.2. The number of amides is 2. The summed E-state index contributed by atoms with van der Waals surface area (Å²) in [4.78, 5) is 35.7. The molecule has 2 aromatic rings. The maximum atomic E-state index is 13.1. The molecule has 1 aliphatic heterocycles. The Balaban J connectivity index is 1.23. The van der Waals surface area contributed by atoms with E-state index in [2.05, 4.69) is 27.2 Å². The fraction of sp³-hybridized carbons (Fsp3) is 0.417. The highest BCUT2D eigenvalue weighted by Crippen LogP contribution is 2.39. The molecule has 2 aliphatic carbocycles. The standard InChI is InChI=1S/C24H27N5O2/c1-2-22(30)27-19-9-8-16-14-29(23(31)21(16)11-19)20-5-3-4-18(10-20)28-24-25-12-17(13-26-24)15-6-7-15/h2,8-9,11-13,15,18,20H,1,3-7,10,14H2,(H,27,30)(H,25,26,28)/t18-,20+/m1/s1. The Kier molecular flexibility index (Phi) is 5.18. The third kappa shape index (κ3) is 4.17. The molecule has 7 nitrogen and oxygen atoms in total. The van der Waals surface area contributed by atoms with E-state index in [4.69, 9.17) is 0 Å². The van der Waals surface area contributed by atoms with E-state index in [9.17, 15) is 9.59 Å². The van der Waals surface area contributed by atoms with Crippen LogP contribution in [0.5, 0.6) is 0 Å². The highest BCUT2D eigenvalue weighted by Gasteiger charge is 2.35. The number of hydrogen-bond donors (Lipinski definition) is 2. The summed E-state index contributed by atoms with van der Waals surface area (Å²) in [6.07, 6.45) is 11.6. The molecule has 1 aromatic heterocycles. The van der Waals surface area contributed by atoms with Gasteiger partial charge in [0.2, 0.25) is 11.9 Å². The summed E-state index contributed by atoms with van der Waals surface area (Å²) in [7, 11) is 0. The third-order valence-corrected chi connectivity index (χ3v) is 6.54. The zero-order valence-corrected chi connectivity index (χ0v) is 17.5. The molecule has 0 unspecified atom stereocenters. The van der Waals surface area contributed by atoms with Crippen LogP contribution in [0.3, 0.4) is 0 Å². The summed E-state index contributed by atoms with van der Waals surface area (Å²) in [6, 6.07) is 5.98. The van der Waals surface area contributed by atoms with Crippen molar-refractivity contribution >= 4 is 23.5 Å². The van der Waals surface area contributed by atoms with Crippen LogP contribution >= 0.6 is 0 Å². The lowest BCUT2D eigenvalue weighted by molar-refractivity contribution is -0.111. The quantitative estimate of drug-likeness (QED) is 0.697. The smallest absolute Gasteiger partial charge is 0.254 e. The molecule has 2 saturated carbocycles. The molecule has 0 spiro atoms. The number of rotatable bonds is 6. The Morgan fingerprint density at radius 3 is 2.71 bits per heavy atom. The molecule has 0 radical (unpaired) electrons. The maximum Gasteiger partial charge on any atom is 0.254 e. The van der Waals surface area contributed by atoms with E-state index in [1.54, 1.807) is 6.07 Å².